The molecule has 21 heavy (non-hydrogen) atoms. The van der Waals surface area contributed by atoms with Gasteiger partial charge in [-0.2, -0.15) is 0 Å². The quantitative estimate of drug-likeness (QED) is 0.857. The summed E-state index contributed by atoms with van der Waals surface area (Å²) in [7, 11) is 0. The molecule has 1 heterocycles. The van der Waals surface area contributed by atoms with Crippen LogP contribution >= 0.6 is 0 Å². The smallest absolute Gasteiger partial charge is 0.306 e. The van der Waals surface area contributed by atoms with Crippen LogP contribution in [0.1, 0.15) is 36.3 Å². The fraction of sp³-hybridized carbons (Fsp3) is 0.667. The van der Waals surface area contributed by atoms with Gasteiger partial charge in [0.1, 0.15) is 5.76 Å². The highest BCUT2D eigenvalue weighted by Gasteiger charge is 2.57. The molecule has 3 rings (SSSR count). The van der Waals surface area contributed by atoms with Crippen molar-refractivity contribution in [2.45, 2.75) is 45.6 Å². The molecule has 2 aliphatic carbocycles. The van der Waals surface area contributed by atoms with Crippen molar-refractivity contribution < 1.29 is 19.2 Å². The molecule has 0 radical (unpaired) electrons. The van der Waals surface area contributed by atoms with Gasteiger partial charge in [0.15, 0.2) is 0 Å². The molecule has 0 aromatic carbocycles. The number of hydrogen-bond acceptors (Lipinski definition) is 4. The Balaban J connectivity index is 1.51. The third-order valence-corrected chi connectivity index (χ3v) is 4.88. The van der Waals surface area contributed by atoms with Gasteiger partial charge in [0, 0.05) is 18.0 Å². The largest absolute Gasteiger partial charge is 0.481 e. The number of carboxylic acid groups (broad SMARTS) is 1. The van der Waals surface area contributed by atoms with Crippen LogP contribution in [0, 0.1) is 31.6 Å². The average Bonchev–Trinajstić information content (AvgIpc) is 3.04. The Morgan fingerprint density at radius 1 is 1.33 bits per heavy atom. The van der Waals surface area contributed by atoms with Crippen molar-refractivity contribution >= 4 is 11.9 Å². The maximum absolute atomic E-state index is 12.0. The third kappa shape index (κ3) is 2.66. The summed E-state index contributed by atoms with van der Waals surface area (Å²) in [5.41, 5.74) is 1.82. The summed E-state index contributed by atoms with van der Waals surface area (Å²) < 4.78 is 5.08. The van der Waals surface area contributed by atoms with Crippen molar-refractivity contribution in [3.8, 4) is 0 Å². The number of fused-ring (bicyclic) bond motifs is 1. The summed E-state index contributed by atoms with van der Waals surface area (Å²) >= 11 is 0. The highest BCUT2D eigenvalue weighted by atomic mass is 16.5. The van der Waals surface area contributed by atoms with Crippen LogP contribution in [-0.2, 0) is 16.0 Å². The topological polar surface area (TPSA) is 92.4 Å². The molecule has 1 amide bonds. The first-order chi connectivity index (χ1) is 9.97. The zero-order valence-corrected chi connectivity index (χ0v) is 12.3. The number of hydrogen-bond donors (Lipinski definition) is 2. The number of carbonyl (C=O) groups excluding carboxylic acids is 1. The van der Waals surface area contributed by atoms with Gasteiger partial charge in [-0.05, 0) is 44.9 Å². The van der Waals surface area contributed by atoms with Crippen molar-refractivity contribution in [3.63, 3.8) is 0 Å². The van der Waals surface area contributed by atoms with E-state index in [0.717, 1.165) is 23.4 Å². The average molecular weight is 292 g/mol. The zero-order valence-electron chi connectivity index (χ0n) is 12.3. The van der Waals surface area contributed by atoms with Gasteiger partial charge in [0.25, 0.3) is 0 Å². The fourth-order valence-corrected chi connectivity index (χ4v) is 3.61. The van der Waals surface area contributed by atoms with Crippen LogP contribution in [0.25, 0.3) is 0 Å². The molecule has 0 saturated heterocycles. The molecular formula is C15H20N2O4. The summed E-state index contributed by atoms with van der Waals surface area (Å²) in [5.74, 6) is 0.383. The molecule has 6 nitrogen and oxygen atoms in total. The van der Waals surface area contributed by atoms with Crippen molar-refractivity contribution in [3.05, 3.63) is 17.0 Å². The van der Waals surface area contributed by atoms with Crippen LogP contribution < -0.4 is 5.32 Å². The molecule has 1 aromatic rings. The molecule has 6 heteroatoms. The lowest BCUT2D eigenvalue weighted by Gasteiger charge is -2.15. The molecular weight excluding hydrogens is 272 g/mol. The summed E-state index contributed by atoms with van der Waals surface area (Å²) in [6, 6.07) is 0.0354. The minimum absolute atomic E-state index is 0.0170. The predicted molar refractivity (Wildman–Crippen MR) is 73.6 cm³/mol. The number of aliphatic carboxylic acids is 1. The molecule has 2 fully saturated rings. The number of carboxylic acids is 1. The lowest BCUT2D eigenvalue weighted by Crippen LogP contribution is -2.36. The van der Waals surface area contributed by atoms with Crippen molar-refractivity contribution in [2.24, 2.45) is 17.8 Å². The highest BCUT2D eigenvalue weighted by molar-refractivity contribution is 5.77. The predicted octanol–water partition coefficient (Wildman–Crippen LogP) is 1.45. The Kier molecular flexibility index (Phi) is 3.47. The second-order valence-electron chi connectivity index (χ2n) is 6.22. The second kappa shape index (κ2) is 5.16. The molecule has 0 unspecified atom stereocenters. The number of nitrogens with zero attached hydrogens (tertiary/aromatic N) is 1. The van der Waals surface area contributed by atoms with Crippen LogP contribution in [-0.4, -0.2) is 28.2 Å². The van der Waals surface area contributed by atoms with Crippen molar-refractivity contribution in [1.29, 1.82) is 0 Å². The van der Waals surface area contributed by atoms with Gasteiger partial charge < -0.3 is 14.9 Å². The Labute approximate surface area is 122 Å². The first-order valence-electron chi connectivity index (χ1n) is 7.41. The van der Waals surface area contributed by atoms with E-state index in [9.17, 15) is 9.59 Å². The monoisotopic (exact) mass is 292 g/mol. The van der Waals surface area contributed by atoms with Gasteiger partial charge in [0.2, 0.25) is 5.91 Å². The van der Waals surface area contributed by atoms with E-state index in [1.165, 1.54) is 0 Å². The number of rotatable bonds is 5. The Morgan fingerprint density at radius 2 is 2.10 bits per heavy atom. The highest BCUT2D eigenvalue weighted by Crippen LogP contribution is 2.55. The maximum atomic E-state index is 12.0. The first kappa shape index (κ1) is 14.1. The molecule has 4 atom stereocenters. The van der Waals surface area contributed by atoms with E-state index in [1.54, 1.807) is 0 Å². The number of aromatic nitrogens is 1. The molecule has 2 saturated carbocycles. The summed E-state index contributed by atoms with van der Waals surface area (Å²) in [6.07, 6.45) is 2.50. The van der Waals surface area contributed by atoms with Crippen LogP contribution in [0.4, 0.5) is 0 Å². The lowest BCUT2D eigenvalue weighted by atomic mass is 10.0. The first-order valence-corrected chi connectivity index (χ1v) is 7.41. The van der Waals surface area contributed by atoms with Gasteiger partial charge in [-0.25, -0.2) is 0 Å². The van der Waals surface area contributed by atoms with Crippen LogP contribution in [0.5, 0.6) is 0 Å². The zero-order chi connectivity index (χ0) is 15.1. The normalized spacial score (nSPS) is 30.0. The van der Waals surface area contributed by atoms with Crippen LogP contribution in [0.15, 0.2) is 4.52 Å². The number of aryl methyl sites for hydroxylation is 2. The Hall–Kier alpha value is -1.85. The molecule has 0 aliphatic heterocycles. The van der Waals surface area contributed by atoms with E-state index in [2.05, 4.69) is 10.5 Å². The fourth-order valence-electron chi connectivity index (χ4n) is 3.61. The van der Waals surface area contributed by atoms with Gasteiger partial charge >= 0.3 is 5.97 Å². The van der Waals surface area contributed by atoms with Gasteiger partial charge in [0.05, 0.1) is 11.6 Å². The lowest BCUT2D eigenvalue weighted by molar-refractivity contribution is -0.142. The van der Waals surface area contributed by atoms with E-state index in [-0.39, 0.29) is 23.8 Å². The van der Waals surface area contributed by atoms with E-state index in [0.29, 0.717) is 25.2 Å². The number of carbonyl (C=O) groups is 2. The molecule has 114 valence electrons. The third-order valence-electron chi connectivity index (χ3n) is 4.88. The molecule has 0 bridgehead atoms. The molecule has 1 aromatic heterocycles. The molecule has 2 N–H and O–H groups in total. The van der Waals surface area contributed by atoms with Gasteiger partial charge in [-0.15, -0.1) is 0 Å². The van der Waals surface area contributed by atoms with Crippen molar-refractivity contribution in [2.75, 3.05) is 0 Å². The number of nitrogens with one attached hydrogen (secondary N) is 1. The van der Waals surface area contributed by atoms with E-state index in [1.807, 2.05) is 13.8 Å². The van der Waals surface area contributed by atoms with E-state index in [4.69, 9.17) is 9.63 Å². The van der Waals surface area contributed by atoms with Crippen molar-refractivity contribution in [1.82, 2.24) is 10.5 Å². The minimum Gasteiger partial charge on any atom is -0.481 e. The Bertz CT molecular complexity index is 561. The van der Waals surface area contributed by atoms with Gasteiger partial charge in [-0.1, -0.05) is 5.16 Å². The summed E-state index contributed by atoms with van der Waals surface area (Å²) in [6.45, 7) is 3.71. The second-order valence-corrected chi connectivity index (χ2v) is 6.22. The van der Waals surface area contributed by atoms with Crippen LogP contribution in [0.3, 0.4) is 0 Å². The van der Waals surface area contributed by atoms with Gasteiger partial charge in [-0.3, -0.25) is 9.59 Å². The van der Waals surface area contributed by atoms with E-state index < -0.39 is 5.97 Å². The minimum atomic E-state index is -0.727. The van der Waals surface area contributed by atoms with Crippen LogP contribution in [0.2, 0.25) is 0 Å². The standard InChI is InChI=1S/C15H20N2O4/c1-7-9(8(2)21-17-7)3-4-14(18)16-13-6-12(15(19)20)10-5-11(10)13/h10-13H,3-6H2,1-2H3,(H,16,18)(H,19,20)/t10-,11+,12-,13+/m0/s1. The summed E-state index contributed by atoms with van der Waals surface area (Å²) in [4.78, 5) is 23.1. The Morgan fingerprint density at radius 3 is 2.67 bits per heavy atom. The molecule has 2 aliphatic rings. The molecule has 0 spiro atoms. The maximum Gasteiger partial charge on any atom is 0.306 e. The van der Waals surface area contributed by atoms with E-state index >= 15 is 0 Å². The SMILES string of the molecule is Cc1noc(C)c1CCC(=O)N[C@@H]1C[C@H](C(=O)O)[C@H]2C[C@H]21. The number of amides is 1. The summed E-state index contributed by atoms with van der Waals surface area (Å²) in [5, 5.41) is 16.0.